The standard InChI is InChI=1S/C16H18N2O3S/c1-20-14-8-7-12(10-15(14)21-2)18-16(19)17-11-5-4-6-13(9-11)22-3/h4-10H,1-3H3,(H2,17,18,19). The van der Waals surface area contributed by atoms with E-state index in [1.807, 2.05) is 30.5 Å². The van der Waals surface area contributed by atoms with Gasteiger partial charge in [0.1, 0.15) is 0 Å². The Morgan fingerprint density at radius 2 is 1.64 bits per heavy atom. The molecule has 116 valence electrons. The van der Waals surface area contributed by atoms with Crippen LogP contribution in [0.1, 0.15) is 0 Å². The second-order valence-corrected chi connectivity index (χ2v) is 5.26. The number of nitrogens with one attached hydrogen (secondary N) is 2. The Balaban J connectivity index is 2.05. The van der Waals surface area contributed by atoms with Crippen LogP contribution in [0.2, 0.25) is 0 Å². The van der Waals surface area contributed by atoms with Crippen LogP contribution < -0.4 is 20.1 Å². The molecule has 0 saturated heterocycles. The van der Waals surface area contributed by atoms with Crippen molar-refractivity contribution in [1.29, 1.82) is 0 Å². The molecule has 0 bridgehead atoms. The summed E-state index contributed by atoms with van der Waals surface area (Å²) in [6, 6.07) is 12.5. The third-order valence-corrected chi connectivity index (χ3v) is 3.69. The highest BCUT2D eigenvalue weighted by atomic mass is 32.2. The van der Waals surface area contributed by atoms with Crippen LogP contribution in [0.15, 0.2) is 47.4 Å². The number of hydrogen-bond acceptors (Lipinski definition) is 4. The lowest BCUT2D eigenvalue weighted by Crippen LogP contribution is -2.19. The highest BCUT2D eigenvalue weighted by Crippen LogP contribution is 2.29. The number of amides is 2. The second kappa shape index (κ2) is 7.61. The number of hydrogen-bond donors (Lipinski definition) is 2. The Bertz CT molecular complexity index is 662. The zero-order valence-corrected chi connectivity index (χ0v) is 13.5. The minimum absolute atomic E-state index is 0.314. The van der Waals surface area contributed by atoms with Gasteiger partial charge in [-0.3, -0.25) is 0 Å². The first-order valence-electron chi connectivity index (χ1n) is 6.60. The van der Waals surface area contributed by atoms with Gasteiger partial charge in [-0.25, -0.2) is 4.79 Å². The molecule has 5 nitrogen and oxygen atoms in total. The van der Waals surface area contributed by atoms with E-state index in [4.69, 9.17) is 9.47 Å². The molecule has 0 heterocycles. The Hall–Kier alpha value is -2.34. The van der Waals surface area contributed by atoms with Crippen molar-refractivity contribution in [1.82, 2.24) is 0 Å². The van der Waals surface area contributed by atoms with Gasteiger partial charge >= 0.3 is 6.03 Å². The van der Waals surface area contributed by atoms with Crippen LogP contribution in [0, 0.1) is 0 Å². The quantitative estimate of drug-likeness (QED) is 0.816. The molecule has 0 aliphatic heterocycles. The van der Waals surface area contributed by atoms with Crippen molar-refractivity contribution in [3.05, 3.63) is 42.5 Å². The van der Waals surface area contributed by atoms with Crippen molar-refractivity contribution in [2.45, 2.75) is 4.90 Å². The fourth-order valence-electron chi connectivity index (χ4n) is 1.91. The molecule has 0 saturated carbocycles. The van der Waals surface area contributed by atoms with E-state index in [1.165, 1.54) is 0 Å². The van der Waals surface area contributed by atoms with Crippen LogP contribution in [0.4, 0.5) is 16.2 Å². The van der Waals surface area contributed by atoms with Crippen molar-refractivity contribution >= 4 is 29.2 Å². The largest absolute Gasteiger partial charge is 0.493 e. The molecule has 0 atom stereocenters. The number of carbonyl (C=O) groups is 1. The summed E-state index contributed by atoms with van der Waals surface area (Å²) in [5.41, 5.74) is 1.36. The van der Waals surface area contributed by atoms with Crippen LogP contribution in [-0.2, 0) is 0 Å². The summed E-state index contributed by atoms with van der Waals surface area (Å²) in [6.45, 7) is 0. The molecule has 0 spiro atoms. The minimum Gasteiger partial charge on any atom is -0.493 e. The number of benzene rings is 2. The first-order chi connectivity index (χ1) is 10.7. The molecular formula is C16H18N2O3S. The number of ether oxygens (including phenoxy) is 2. The molecule has 2 amide bonds. The molecule has 0 unspecified atom stereocenters. The van der Waals surface area contributed by atoms with E-state index in [9.17, 15) is 4.79 Å². The predicted octanol–water partition coefficient (Wildman–Crippen LogP) is 4.07. The maximum Gasteiger partial charge on any atom is 0.323 e. The molecule has 22 heavy (non-hydrogen) atoms. The summed E-state index contributed by atoms with van der Waals surface area (Å²) in [4.78, 5) is 13.1. The maximum atomic E-state index is 12.0. The van der Waals surface area contributed by atoms with Crippen LogP contribution in [0.3, 0.4) is 0 Å². The van der Waals surface area contributed by atoms with Gasteiger partial charge in [-0.15, -0.1) is 11.8 Å². The molecule has 2 N–H and O–H groups in total. The van der Waals surface area contributed by atoms with Gasteiger partial charge in [0.05, 0.1) is 14.2 Å². The van der Waals surface area contributed by atoms with E-state index in [-0.39, 0.29) is 6.03 Å². The average Bonchev–Trinajstić information content (AvgIpc) is 2.54. The normalized spacial score (nSPS) is 9.95. The van der Waals surface area contributed by atoms with Gasteiger partial charge < -0.3 is 20.1 Å². The van der Waals surface area contributed by atoms with E-state index >= 15 is 0 Å². The van der Waals surface area contributed by atoms with Gasteiger partial charge in [0, 0.05) is 22.3 Å². The van der Waals surface area contributed by atoms with Gasteiger partial charge in [-0.1, -0.05) is 6.07 Å². The Labute approximate surface area is 134 Å². The summed E-state index contributed by atoms with van der Waals surface area (Å²) in [5, 5.41) is 5.56. The smallest absolute Gasteiger partial charge is 0.323 e. The number of urea groups is 1. The van der Waals surface area contributed by atoms with Crippen LogP contribution >= 0.6 is 11.8 Å². The number of carbonyl (C=O) groups excluding carboxylic acids is 1. The average molecular weight is 318 g/mol. The van der Waals surface area contributed by atoms with Crippen molar-refractivity contribution < 1.29 is 14.3 Å². The fourth-order valence-corrected chi connectivity index (χ4v) is 2.37. The molecule has 0 fully saturated rings. The third-order valence-electron chi connectivity index (χ3n) is 2.97. The number of anilines is 2. The molecule has 0 radical (unpaired) electrons. The third kappa shape index (κ3) is 4.08. The van der Waals surface area contributed by atoms with E-state index in [1.54, 1.807) is 44.2 Å². The first-order valence-corrected chi connectivity index (χ1v) is 7.83. The topological polar surface area (TPSA) is 59.6 Å². The molecule has 0 aliphatic carbocycles. The summed E-state index contributed by atoms with van der Waals surface area (Å²) in [5.74, 6) is 1.17. The van der Waals surface area contributed by atoms with Gasteiger partial charge in [0.2, 0.25) is 0 Å². The van der Waals surface area contributed by atoms with Crippen LogP contribution in [0.25, 0.3) is 0 Å². The SMILES string of the molecule is COc1ccc(NC(=O)Nc2cccc(SC)c2)cc1OC. The molecule has 6 heteroatoms. The Kier molecular flexibility index (Phi) is 5.55. The van der Waals surface area contributed by atoms with E-state index in [0.29, 0.717) is 17.2 Å². The van der Waals surface area contributed by atoms with Crippen LogP contribution in [-0.4, -0.2) is 26.5 Å². The number of thioether (sulfide) groups is 1. The Morgan fingerprint density at radius 3 is 2.27 bits per heavy atom. The van der Waals surface area contributed by atoms with Crippen molar-refractivity contribution in [2.75, 3.05) is 31.1 Å². The zero-order chi connectivity index (χ0) is 15.9. The zero-order valence-electron chi connectivity index (χ0n) is 12.7. The molecule has 0 aliphatic rings. The summed E-state index contributed by atoms with van der Waals surface area (Å²) in [7, 11) is 3.12. The molecule has 2 aromatic carbocycles. The van der Waals surface area contributed by atoms with Gasteiger partial charge in [0.15, 0.2) is 11.5 Å². The van der Waals surface area contributed by atoms with E-state index in [0.717, 1.165) is 10.6 Å². The van der Waals surface area contributed by atoms with Crippen molar-refractivity contribution in [2.24, 2.45) is 0 Å². The predicted molar refractivity (Wildman–Crippen MR) is 90.4 cm³/mol. The lowest BCUT2D eigenvalue weighted by molar-refractivity contribution is 0.262. The van der Waals surface area contributed by atoms with Crippen LogP contribution in [0.5, 0.6) is 11.5 Å². The first kappa shape index (κ1) is 16.0. The second-order valence-electron chi connectivity index (χ2n) is 4.38. The lowest BCUT2D eigenvalue weighted by atomic mass is 10.2. The number of methoxy groups -OCH3 is 2. The van der Waals surface area contributed by atoms with E-state index < -0.39 is 0 Å². The van der Waals surface area contributed by atoms with Gasteiger partial charge in [0.25, 0.3) is 0 Å². The van der Waals surface area contributed by atoms with Crippen molar-refractivity contribution in [3.63, 3.8) is 0 Å². The van der Waals surface area contributed by atoms with Gasteiger partial charge in [-0.2, -0.15) is 0 Å². The highest BCUT2D eigenvalue weighted by molar-refractivity contribution is 7.98. The molecule has 0 aromatic heterocycles. The number of rotatable bonds is 5. The van der Waals surface area contributed by atoms with E-state index in [2.05, 4.69) is 10.6 Å². The molecule has 2 aromatic rings. The minimum atomic E-state index is -0.314. The van der Waals surface area contributed by atoms with Crippen molar-refractivity contribution in [3.8, 4) is 11.5 Å². The van der Waals surface area contributed by atoms with Gasteiger partial charge in [-0.05, 0) is 36.6 Å². The Morgan fingerprint density at radius 1 is 0.955 bits per heavy atom. The summed E-state index contributed by atoms with van der Waals surface area (Å²) < 4.78 is 10.4. The lowest BCUT2D eigenvalue weighted by Gasteiger charge is -2.11. The summed E-state index contributed by atoms with van der Waals surface area (Å²) in [6.07, 6.45) is 1.99. The highest BCUT2D eigenvalue weighted by Gasteiger charge is 2.07. The molecular weight excluding hydrogens is 300 g/mol. The monoisotopic (exact) mass is 318 g/mol. The fraction of sp³-hybridized carbons (Fsp3) is 0.188. The maximum absolute atomic E-state index is 12.0. The molecule has 2 rings (SSSR count). The summed E-state index contributed by atoms with van der Waals surface area (Å²) >= 11 is 1.62.